The van der Waals surface area contributed by atoms with Crippen LogP contribution in [0.5, 0.6) is 0 Å². The molecule has 0 radical (unpaired) electrons. The van der Waals surface area contributed by atoms with Gasteiger partial charge >= 0.3 is 5.82 Å². The third-order valence-corrected chi connectivity index (χ3v) is 4.18. The number of hydrogen-bond acceptors (Lipinski definition) is 6. The van der Waals surface area contributed by atoms with Gasteiger partial charge in [-0.15, -0.1) is 0 Å². The highest BCUT2D eigenvalue weighted by Gasteiger charge is 2.19. The van der Waals surface area contributed by atoms with Crippen LogP contribution in [0, 0.1) is 10.1 Å². The van der Waals surface area contributed by atoms with Gasteiger partial charge in [0.25, 0.3) is 0 Å². The standard InChI is InChI=1S/C15H19ClN4O4/c16-14-11-19(17-15(14)20(21)22)10-13-4-3-12(24-13)2-1-5-18-6-8-23-9-7-18/h3-4,11H,1-2,5-10H2. The van der Waals surface area contributed by atoms with E-state index in [1.54, 1.807) is 0 Å². The molecule has 9 heteroatoms. The van der Waals surface area contributed by atoms with Gasteiger partial charge in [-0.3, -0.25) is 4.90 Å². The lowest BCUT2D eigenvalue weighted by Gasteiger charge is -2.26. The zero-order valence-corrected chi connectivity index (χ0v) is 13.9. The van der Waals surface area contributed by atoms with Crippen molar-refractivity contribution in [1.82, 2.24) is 14.7 Å². The second-order valence-corrected chi connectivity index (χ2v) is 6.09. The second-order valence-electron chi connectivity index (χ2n) is 5.68. The molecule has 0 amide bonds. The summed E-state index contributed by atoms with van der Waals surface area (Å²) in [5.41, 5.74) is 0. The van der Waals surface area contributed by atoms with E-state index in [2.05, 4.69) is 10.00 Å². The van der Waals surface area contributed by atoms with Gasteiger partial charge in [-0.05, 0) is 30.0 Å². The molecule has 0 unspecified atom stereocenters. The van der Waals surface area contributed by atoms with Crippen LogP contribution in [-0.2, 0) is 17.7 Å². The van der Waals surface area contributed by atoms with Gasteiger partial charge in [0, 0.05) is 19.5 Å². The van der Waals surface area contributed by atoms with Gasteiger partial charge in [0.2, 0.25) is 0 Å². The average molecular weight is 355 g/mol. The molecule has 3 heterocycles. The molecule has 24 heavy (non-hydrogen) atoms. The lowest BCUT2D eigenvalue weighted by molar-refractivity contribution is -0.389. The lowest BCUT2D eigenvalue weighted by Crippen LogP contribution is -2.36. The Morgan fingerprint density at radius 3 is 2.75 bits per heavy atom. The summed E-state index contributed by atoms with van der Waals surface area (Å²) in [7, 11) is 0. The highest BCUT2D eigenvalue weighted by Crippen LogP contribution is 2.22. The highest BCUT2D eigenvalue weighted by atomic mass is 35.5. The number of furan rings is 1. The monoisotopic (exact) mass is 354 g/mol. The maximum atomic E-state index is 10.8. The van der Waals surface area contributed by atoms with Crippen LogP contribution in [0.4, 0.5) is 5.82 Å². The van der Waals surface area contributed by atoms with Crippen LogP contribution < -0.4 is 0 Å². The van der Waals surface area contributed by atoms with Crippen molar-refractivity contribution in [3.8, 4) is 0 Å². The van der Waals surface area contributed by atoms with Crippen LogP contribution >= 0.6 is 11.6 Å². The minimum Gasteiger partial charge on any atom is -0.464 e. The lowest BCUT2D eigenvalue weighted by atomic mass is 10.2. The number of aryl methyl sites for hydroxylation is 1. The molecule has 0 aliphatic carbocycles. The molecule has 0 atom stereocenters. The first-order valence-corrected chi connectivity index (χ1v) is 8.24. The summed E-state index contributed by atoms with van der Waals surface area (Å²) in [5.74, 6) is 1.27. The minimum absolute atomic E-state index is 0.0253. The van der Waals surface area contributed by atoms with E-state index in [0.717, 1.165) is 51.4 Å². The maximum absolute atomic E-state index is 10.8. The minimum atomic E-state index is -0.599. The van der Waals surface area contributed by atoms with Gasteiger partial charge in [0.15, 0.2) is 5.02 Å². The first-order chi connectivity index (χ1) is 11.6. The smallest absolute Gasteiger partial charge is 0.408 e. The van der Waals surface area contributed by atoms with Gasteiger partial charge in [0.05, 0.1) is 24.5 Å². The summed E-state index contributed by atoms with van der Waals surface area (Å²) in [6, 6.07) is 3.81. The van der Waals surface area contributed by atoms with Crippen molar-refractivity contribution in [2.75, 3.05) is 32.8 Å². The van der Waals surface area contributed by atoms with Crippen LogP contribution in [-0.4, -0.2) is 52.5 Å². The molecule has 2 aromatic rings. The molecule has 130 valence electrons. The molecule has 2 aromatic heterocycles. The van der Waals surface area contributed by atoms with E-state index >= 15 is 0 Å². The van der Waals surface area contributed by atoms with Crippen molar-refractivity contribution >= 4 is 17.4 Å². The molecule has 0 aromatic carbocycles. The van der Waals surface area contributed by atoms with E-state index in [0.29, 0.717) is 12.3 Å². The number of nitrogens with zero attached hydrogens (tertiary/aromatic N) is 4. The quantitative estimate of drug-likeness (QED) is 0.560. The topological polar surface area (TPSA) is 86.6 Å². The normalized spacial score (nSPS) is 15.7. The number of nitro groups is 1. The van der Waals surface area contributed by atoms with Crippen LogP contribution in [0.2, 0.25) is 5.02 Å². The number of rotatable bonds is 7. The third-order valence-electron chi connectivity index (χ3n) is 3.91. The molecule has 0 bridgehead atoms. The molecule has 3 rings (SSSR count). The first kappa shape index (κ1) is 16.9. The van der Waals surface area contributed by atoms with Crippen LogP contribution in [0.25, 0.3) is 0 Å². The molecule has 1 aliphatic heterocycles. The van der Waals surface area contributed by atoms with Crippen molar-refractivity contribution in [1.29, 1.82) is 0 Å². The van der Waals surface area contributed by atoms with Gasteiger partial charge in [-0.2, -0.15) is 4.68 Å². The van der Waals surface area contributed by atoms with Crippen molar-refractivity contribution in [3.05, 3.63) is 45.0 Å². The number of morpholine rings is 1. The summed E-state index contributed by atoms with van der Waals surface area (Å²) < 4.78 is 12.5. The Labute approximate surface area is 144 Å². The average Bonchev–Trinajstić information content (AvgIpc) is 3.15. The summed E-state index contributed by atoms with van der Waals surface area (Å²) in [6.45, 7) is 4.94. The molecule has 0 saturated carbocycles. The molecular formula is C15H19ClN4O4. The van der Waals surface area contributed by atoms with E-state index in [1.807, 2.05) is 12.1 Å². The Morgan fingerprint density at radius 1 is 1.29 bits per heavy atom. The Hall–Kier alpha value is -1.90. The van der Waals surface area contributed by atoms with Gasteiger partial charge < -0.3 is 19.3 Å². The third kappa shape index (κ3) is 4.34. The number of halogens is 1. The Morgan fingerprint density at radius 2 is 2.04 bits per heavy atom. The van der Waals surface area contributed by atoms with Crippen LogP contribution in [0.1, 0.15) is 17.9 Å². The summed E-state index contributed by atoms with van der Waals surface area (Å²) in [4.78, 5) is 12.5. The number of hydrogen-bond donors (Lipinski definition) is 0. The van der Waals surface area contributed by atoms with Gasteiger partial charge in [0.1, 0.15) is 18.1 Å². The zero-order chi connectivity index (χ0) is 16.9. The first-order valence-electron chi connectivity index (χ1n) is 7.87. The highest BCUT2D eigenvalue weighted by molar-refractivity contribution is 6.32. The summed E-state index contributed by atoms with van der Waals surface area (Å²) in [6.07, 6.45) is 3.31. The van der Waals surface area contributed by atoms with Crippen molar-refractivity contribution in [2.24, 2.45) is 0 Å². The van der Waals surface area contributed by atoms with Crippen molar-refractivity contribution in [2.45, 2.75) is 19.4 Å². The Kier molecular flexibility index (Phi) is 5.49. The maximum Gasteiger partial charge on any atom is 0.408 e. The predicted molar refractivity (Wildman–Crippen MR) is 87.3 cm³/mol. The molecule has 0 N–H and O–H groups in total. The fourth-order valence-electron chi connectivity index (χ4n) is 2.69. The summed E-state index contributed by atoms with van der Waals surface area (Å²) >= 11 is 5.78. The molecule has 1 fully saturated rings. The van der Waals surface area contributed by atoms with Crippen molar-refractivity contribution < 1.29 is 14.1 Å². The molecule has 1 saturated heterocycles. The largest absolute Gasteiger partial charge is 0.464 e. The van der Waals surface area contributed by atoms with Gasteiger partial charge in [-0.1, -0.05) is 11.6 Å². The number of aromatic nitrogens is 2. The van der Waals surface area contributed by atoms with Crippen molar-refractivity contribution in [3.63, 3.8) is 0 Å². The number of ether oxygens (including phenoxy) is 1. The van der Waals surface area contributed by atoms with E-state index in [4.69, 9.17) is 20.8 Å². The fraction of sp³-hybridized carbons (Fsp3) is 0.533. The predicted octanol–water partition coefficient (Wildman–Crippen LogP) is 2.35. The molecule has 8 nitrogen and oxygen atoms in total. The second kappa shape index (κ2) is 7.78. The molecular weight excluding hydrogens is 336 g/mol. The SMILES string of the molecule is O=[N+]([O-])c1nn(Cc2ccc(CCCN3CCOCC3)o2)cc1Cl. The van der Waals surface area contributed by atoms with Gasteiger partial charge in [-0.25, -0.2) is 0 Å². The van der Waals surface area contributed by atoms with Crippen LogP contribution in [0.15, 0.2) is 22.7 Å². The molecule has 1 aliphatic rings. The van der Waals surface area contributed by atoms with Crippen LogP contribution in [0.3, 0.4) is 0 Å². The Balaban J connectivity index is 1.50. The van der Waals surface area contributed by atoms with E-state index in [9.17, 15) is 10.1 Å². The zero-order valence-electron chi connectivity index (χ0n) is 13.2. The van der Waals surface area contributed by atoms with E-state index in [-0.39, 0.29) is 10.8 Å². The fourth-order valence-corrected chi connectivity index (χ4v) is 2.91. The summed E-state index contributed by atoms with van der Waals surface area (Å²) in [5, 5.41) is 14.6. The Bertz CT molecular complexity index is 693. The molecule has 0 spiro atoms. The van der Waals surface area contributed by atoms with E-state index in [1.165, 1.54) is 10.9 Å². The van der Waals surface area contributed by atoms with E-state index < -0.39 is 4.92 Å².